The van der Waals surface area contributed by atoms with Gasteiger partial charge >= 0.3 is 0 Å². The third-order valence-electron chi connectivity index (χ3n) is 11.4. The molecule has 12 aromatic rings. The van der Waals surface area contributed by atoms with Crippen molar-refractivity contribution in [1.29, 1.82) is 0 Å². The van der Waals surface area contributed by atoms with E-state index in [1.165, 1.54) is 69.6 Å². The minimum atomic E-state index is 0.838. The zero-order chi connectivity index (χ0) is 37.5. The van der Waals surface area contributed by atoms with Crippen molar-refractivity contribution in [1.82, 2.24) is 19.1 Å². The van der Waals surface area contributed by atoms with Gasteiger partial charge in [-0.25, -0.2) is 4.98 Å². The molecule has 266 valence electrons. The van der Waals surface area contributed by atoms with Crippen molar-refractivity contribution in [3.05, 3.63) is 194 Å². The largest absolute Gasteiger partial charge is 0.309 e. The molecule has 0 fully saturated rings. The highest BCUT2D eigenvalue weighted by Crippen LogP contribution is 2.41. The number of benzene rings is 7. The van der Waals surface area contributed by atoms with Crippen molar-refractivity contribution >= 4 is 75.1 Å². The maximum Gasteiger partial charge on any atom is 0.138 e. The van der Waals surface area contributed by atoms with Crippen molar-refractivity contribution in [2.75, 3.05) is 0 Å². The molecule has 0 amide bonds. The lowest BCUT2D eigenvalue weighted by atomic mass is 10.0. The SMILES string of the molecule is c1ccc(-c2cc(-c3ccccn3)nc(-n3c4ccccc4c4cc(-c5ccc6c(c5)c5ccccc5n6-c5ccc6sc7ccccc7c6c5)ccc43)c2)cc1. The molecule has 4 nitrogen and oxygen atoms in total. The van der Waals surface area contributed by atoms with Gasteiger partial charge in [0.2, 0.25) is 0 Å². The lowest BCUT2D eigenvalue weighted by molar-refractivity contribution is 1.08. The van der Waals surface area contributed by atoms with Gasteiger partial charge in [0.05, 0.1) is 33.5 Å². The fourth-order valence-electron chi connectivity index (χ4n) is 8.76. The Hall–Kier alpha value is -7.34. The maximum absolute atomic E-state index is 5.27. The van der Waals surface area contributed by atoms with Crippen LogP contribution in [0.5, 0.6) is 0 Å². The standard InChI is InChI=1S/C52H32N4S/c1-2-12-33(13-3-1)36-30-45(44-17-10-11-27-53-44)54-52(31-36)56-47-19-8-5-15-39(47)42-29-35(22-25-49(42)56)34-21-24-48-41(28-34)38-14-4-7-18-46(38)55(48)37-23-26-51-43(32-37)40-16-6-9-20-50(40)57-51/h1-32H. The second-order valence-electron chi connectivity index (χ2n) is 14.6. The monoisotopic (exact) mass is 744 g/mol. The van der Waals surface area contributed by atoms with Gasteiger partial charge in [0.1, 0.15) is 5.82 Å². The molecule has 0 saturated carbocycles. The zero-order valence-electron chi connectivity index (χ0n) is 30.7. The van der Waals surface area contributed by atoms with Gasteiger partial charge in [-0.15, -0.1) is 11.3 Å². The second kappa shape index (κ2) is 12.6. The predicted molar refractivity (Wildman–Crippen MR) is 240 cm³/mol. The van der Waals surface area contributed by atoms with Crippen LogP contribution in [0, 0.1) is 0 Å². The number of rotatable bonds is 5. The normalized spacial score (nSPS) is 11.9. The van der Waals surface area contributed by atoms with Gasteiger partial charge < -0.3 is 4.57 Å². The third-order valence-corrected chi connectivity index (χ3v) is 12.5. The summed E-state index contributed by atoms with van der Waals surface area (Å²) in [6, 6.07) is 67.7. The summed E-state index contributed by atoms with van der Waals surface area (Å²) in [6.07, 6.45) is 1.83. The molecule has 7 aromatic carbocycles. The van der Waals surface area contributed by atoms with Gasteiger partial charge in [-0.1, -0.05) is 103 Å². The summed E-state index contributed by atoms with van der Waals surface area (Å²) in [5.74, 6) is 0.860. The molecule has 0 N–H and O–H groups in total. The summed E-state index contributed by atoms with van der Waals surface area (Å²) < 4.78 is 7.36. The van der Waals surface area contributed by atoms with E-state index in [1.54, 1.807) is 0 Å². The van der Waals surface area contributed by atoms with Crippen LogP contribution in [0.15, 0.2) is 194 Å². The van der Waals surface area contributed by atoms with Gasteiger partial charge in [0.25, 0.3) is 0 Å². The first-order valence-corrected chi connectivity index (χ1v) is 20.0. The Kier molecular flexibility index (Phi) is 7.06. The van der Waals surface area contributed by atoms with E-state index in [4.69, 9.17) is 4.98 Å². The number of aromatic nitrogens is 4. The number of nitrogens with zero attached hydrogens (tertiary/aromatic N) is 4. The van der Waals surface area contributed by atoms with Crippen LogP contribution in [0.25, 0.3) is 109 Å². The third kappa shape index (κ3) is 5.06. The van der Waals surface area contributed by atoms with Crippen LogP contribution in [0.1, 0.15) is 0 Å². The number of pyridine rings is 2. The highest BCUT2D eigenvalue weighted by Gasteiger charge is 2.18. The molecule has 0 saturated heterocycles. The van der Waals surface area contributed by atoms with E-state index < -0.39 is 0 Å². The zero-order valence-corrected chi connectivity index (χ0v) is 31.5. The maximum atomic E-state index is 5.27. The average Bonchev–Trinajstić information content (AvgIpc) is 3.94. The van der Waals surface area contributed by atoms with E-state index >= 15 is 0 Å². The van der Waals surface area contributed by atoms with Crippen molar-refractivity contribution in [3.8, 4) is 45.1 Å². The molecule has 0 bridgehead atoms. The Labute approximate surface area is 332 Å². The van der Waals surface area contributed by atoms with E-state index in [2.05, 4.69) is 184 Å². The first kappa shape index (κ1) is 32.0. The van der Waals surface area contributed by atoms with Crippen LogP contribution >= 0.6 is 11.3 Å². The van der Waals surface area contributed by atoms with E-state index in [0.29, 0.717) is 0 Å². The number of para-hydroxylation sites is 2. The first-order valence-electron chi connectivity index (χ1n) is 19.2. The van der Waals surface area contributed by atoms with Gasteiger partial charge in [-0.3, -0.25) is 9.55 Å². The quantitative estimate of drug-likeness (QED) is 0.176. The molecule has 0 unspecified atom stereocenters. The molecule has 0 spiro atoms. The summed E-state index contributed by atoms with van der Waals surface area (Å²) in [6.45, 7) is 0. The van der Waals surface area contributed by atoms with Crippen molar-refractivity contribution in [2.45, 2.75) is 0 Å². The number of hydrogen-bond acceptors (Lipinski definition) is 3. The fourth-order valence-corrected chi connectivity index (χ4v) is 9.84. The van der Waals surface area contributed by atoms with E-state index in [-0.39, 0.29) is 0 Å². The minimum absolute atomic E-state index is 0.838. The molecule has 5 heteroatoms. The van der Waals surface area contributed by atoms with Gasteiger partial charge in [-0.2, -0.15) is 0 Å². The Bertz CT molecular complexity index is 3460. The molecule has 0 aliphatic rings. The number of hydrogen-bond donors (Lipinski definition) is 0. The lowest BCUT2D eigenvalue weighted by Gasteiger charge is -2.13. The second-order valence-corrected chi connectivity index (χ2v) is 15.7. The molecule has 57 heavy (non-hydrogen) atoms. The molecule has 12 rings (SSSR count). The summed E-state index contributed by atoms with van der Waals surface area (Å²) in [7, 11) is 0. The Morgan fingerprint density at radius 2 is 0.965 bits per heavy atom. The first-order chi connectivity index (χ1) is 28.2. The fraction of sp³-hybridized carbons (Fsp3) is 0. The van der Waals surface area contributed by atoms with Crippen molar-refractivity contribution in [3.63, 3.8) is 0 Å². The van der Waals surface area contributed by atoms with Crippen LogP contribution in [0.2, 0.25) is 0 Å². The van der Waals surface area contributed by atoms with Gasteiger partial charge in [-0.05, 0) is 107 Å². The van der Waals surface area contributed by atoms with Gasteiger partial charge in [0, 0.05) is 53.6 Å². The van der Waals surface area contributed by atoms with Crippen LogP contribution in [-0.2, 0) is 0 Å². The summed E-state index contributed by atoms with van der Waals surface area (Å²) in [5, 5.41) is 7.48. The molecule has 5 heterocycles. The molecule has 0 aliphatic carbocycles. The van der Waals surface area contributed by atoms with Crippen molar-refractivity contribution in [2.24, 2.45) is 0 Å². The Morgan fingerprint density at radius 1 is 0.351 bits per heavy atom. The molecule has 0 radical (unpaired) electrons. The number of fused-ring (bicyclic) bond motifs is 9. The summed E-state index contributed by atoms with van der Waals surface area (Å²) in [5.41, 5.74) is 12.1. The topological polar surface area (TPSA) is 35.6 Å². The summed E-state index contributed by atoms with van der Waals surface area (Å²) >= 11 is 1.86. The smallest absolute Gasteiger partial charge is 0.138 e. The molecular formula is C52H32N4S. The van der Waals surface area contributed by atoms with Crippen LogP contribution < -0.4 is 0 Å². The molecule has 0 atom stereocenters. The van der Waals surface area contributed by atoms with E-state index in [9.17, 15) is 0 Å². The van der Waals surface area contributed by atoms with Crippen LogP contribution in [0.3, 0.4) is 0 Å². The highest BCUT2D eigenvalue weighted by atomic mass is 32.1. The number of thiophene rings is 1. The van der Waals surface area contributed by atoms with E-state index in [0.717, 1.165) is 39.4 Å². The predicted octanol–water partition coefficient (Wildman–Crippen LogP) is 14.0. The van der Waals surface area contributed by atoms with E-state index in [1.807, 2.05) is 35.7 Å². The molecule has 5 aromatic heterocycles. The highest BCUT2D eigenvalue weighted by molar-refractivity contribution is 7.25. The average molecular weight is 745 g/mol. The van der Waals surface area contributed by atoms with Gasteiger partial charge in [0.15, 0.2) is 0 Å². The van der Waals surface area contributed by atoms with Crippen molar-refractivity contribution < 1.29 is 0 Å². The Balaban J connectivity index is 1.03. The molecule has 0 aliphatic heterocycles. The lowest BCUT2D eigenvalue weighted by Crippen LogP contribution is -2.00. The molecular weight excluding hydrogens is 713 g/mol. The minimum Gasteiger partial charge on any atom is -0.309 e. The summed E-state index contributed by atoms with van der Waals surface area (Å²) in [4.78, 5) is 9.95. The van der Waals surface area contributed by atoms with Crippen LogP contribution in [-0.4, -0.2) is 19.1 Å². The Morgan fingerprint density at radius 3 is 1.70 bits per heavy atom. The van der Waals surface area contributed by atoms with Crippen LogP contribution in [0.4, 0.5) is 0 Å².